The van der Waals surface area contributed by atoms with Crippen LogP contribution in [0.15, 0.2) is 0 Å². The Labute approximate surface area is 94.8 Å². The van der Waals surface area contributed by atoms with E-state index < -0.39 is 0 Å². The number of ether oxygens (including phenoxy) is 1. The van der Waals surface area contributed by atoms with Gasteiger partial charge < -0.3 is 10.1 Å². The van der Waals surface area contributed by atoms with E-state index >= 15 is 0 Å². The van der Waals surface area contributed by atoms with Crippen molar-refractivity contribution >= 4 is 0 Å². The third-order valence-corrected chi connectivity index (χ3v) is 3.66. The van der Waals surface area contributed by atoms with Crippen LogP contribution in [0.5, 0.6) is 0 Å². The van der Waals surface area contributed by atoms with Crippen LogP contribution in [0, 0.1) is 5.41 Å². The maximum absolute atomic E-state index is 6.00. The molecule has 0 aromatic carbocycles. The maximum atomic E-state index is 6.00. The first-order valence-electron chi connectivity index (χ1n) is 6.40. The molecule has 0 amide bonds. The Morgan fingerprint density at radius 2 is 2.13 bits per heavy atom. The summed E-state index contributed by atoms with van der Waals surface area (Å²) >= 11 is 0. The largest absolute Gasteiger partial charge is 0.377 e. The molecule has 0 bridgehead atoms. The molecule has 0 spiro atoms. The van der Waals surface area contributed by atoms with Gasteiger partial charge in [0.2, 0.25) is 0 Å². The van der Waals surface area contributed by atoms with Crippen LogP contribution in [0.25, 0.3) is 0 Å². The molecule has 1 aliphatic rings. The lowest BCUT2D eigenvalue weighted by Crippen LogP contribution is -2.52. The van der Waals surface area contributed by atoms with Gasteiger partial charge >= 0.3 is 0 Å². The molecular formula is C13H27NO. The van der Waals surface area contributed by atoms with Crippen molar-refractivity contribution in [3.05, 3.63) is 0 Å². The lowest BCUT2D eigenvalue weighted by atomic mass is 9.72. The van der Waals surface area contributed by atoms with Crippen molar-refractivity contribution in [1.29, 1.82) is 0 Å². The van der Waals surface area contributed by atoms with Gasteiger partial charge in [-0.1, -0.05) is 33.6 Å². The Morgan fingerprint density at radius 1 is 1.40 bits per heavy atom. The number of nitrogens with one attached hydrogen (secondary N) is 1. The van der Waals surface area contributed by atoms with Crippen LogP contribution in [0.4, 0.5) is 0 Å². The highest BCUT2D eigenvalue weighted by atomic mass is 16.5. The minimum absolute atomic E-state index is 0.379. The molecule has 15 heavy (non-hydrogen) atoms. The Kier molecular flexibility index (Phi) is 5.07. The van der Waals surface area contributed by atoms with Gasteiger partial charge in [-0.2, -0.15) is 0 Å². The molecule has 1 saturated carbocycles. The normalized spacial score (nSPS) is 30.4. The molecule has 0 aromatic heterocycles. The fraction of sp³-hybridized carbons (Fsp3) is 1.00. The molecule has 1 aliphatic carbocycles. The van der Waals surface area contributed by atoms with Gasteiger partial charge in [-0.05, 0) is 31.7 Å². The number of hydrogen-bond acceptors (Lipinski definition) is 2. The van der Waals surface area contributed by atoms with Gasteiger partial charge in [-0.25, -0.2) is 0 Å². The second-order valence-electron chi connectivity index (χ2n) is 5.41. The van der Waals surface area contributed by atoms with Crippen molar-refractivity contribution in [1.82, 2.24) is 5.32 Å². The molecule has 2 nitrogen and oxygen atoms in total. The van der Waals surface area contributed by atoms with E-state index in [0.717, 1.165) is 6.61 Å². The predicted octanol–water partition coefficient (Wildman–Crippen LogP) is 2.97. The van der Waals surface area contributed by atoms with Crippen molar-refractivity contribution in [3.8, 4) is 0 Å². The summed E-state index contributed by atoms with van der Waals surface area (Å²) in [5.41, 5.74) is 0.379. The van der Waals surface area contributed by atoms with Crippen LogP contribution in [0.1, 0.15) is 52.9 Å². The Balaban J connectivity index is 2.46. The van der Waals surface area contributed by atoms with E-state index in [4.69, 9.17) is 4.74 Å². The molecule has 1 rings (SSSR count). The summed E-state index contributed by atoms with van der Waals surface area (Å²) in [5, 5.41) is 3.45. The molecule has 2 atom stereocenters. The highest BCUT2D eigenvalue weighted by molar-refractivity contribution is 4.93. The fourth-order valence-corrected chi connectivity index (χ4v) is 2.72. The summed E-state index contributed by atoms with van der Waals surface area (Å²) in [6.45, 7) is 7.84. The van der Waals surface area contributed by atoms with Gasteiger partial charge in [0, 0.05) is 12.6 Å². The summed E-state index contributed by atoms with van der Waals surface area (Å²) in [4.78, 5) is 0. The average Bonchev–Trinajstić information content (AvgIpc) is 2.17. The first-order valence-corrected chi connectivity index (χ1v) is 6.40. The second-order valence-corrected chi connectivity index (χ2v) is 5.41. The van der Waals surface area contributed by atoms with E-state index in [-0.39, 0.29) is 0 Å². The van der Waals surface area contributed by atoms with Crippen LogP contribution in [-0.4, -0.2) is 25.8 Å². The number of unbranched alkanes of at least 4 members (excludes halogenated alkanes) is 1. The van der Waals surface area contributed by atoms with Crippen molar-refractivity contribution in [3.63, 3.8) is 0 Å². The quantitative estimate of drug-likeness (QED) is 0.709. The van der Waals surface area contributed by atoms with Crippen LogP contribution >= 0.6 is 0 Å². The van der Waals surface area contributed by atoms with E-state index in [1.54, 1.807) is 0 Å². The maximum Gasteiger partial charge on any atom is 0.0733 e. The molecule has 2 heteroatoms. The van der Waals surface area contributed by atoms with E-state index in [1.807, 2.05) is 0 Å². The molecule has 0 heterocycles. The summed E-state index contributed by atoms with van der Waals surface area (Å²) in [7, 11) is 2.06. The monoisotopic (exact) mass is 213 g/mol. The first-order chi connectivity index (χ1) is 7.11. The Bertz CT molecular complexity index is 179. The van der Waals surface area contributed by atoms with Crippen LogP contribution < -0.4 is 5.32 Å². The molecule has 90 valence electrons. The number of rotatable bonds is 5. The van der Waals surface area contributed by atoms with Crippen LogP contribution in [-0.2, 0) is 4.74 Å². The summed E-state index contributed by atoms with van der Waals surface area (Å²) < 4.78 is 6.00. The molecule has 0 radical (unpaired) electrons. The zero-order chi connectivity index (χ0) is 11.3. The molecule has 0 aromatic rings. The highest BCUT2D eigenvalue weighted by Crippen LogP contribution is 2.36. The van der Waals surface area contributed by atoms with Crippen LogP contribution in [0.2, 0.25) is 0 Å². The first kappa shape index (κ1) is 13.0. The smallest absolute Gasteiger partial charge is 0.0733 e. The summed E-state index contributed by atoms with van der Waals surface area (Å²) in [5.74, 6) is 0. The zero-order valence-electron chi connectivity index (χ0n) is 10.8. The molecule has 0 saturated heterocycles. The Hall–Kier alpha value is -0.0800. The molecule has 1 N–H and O–H groups in total. The van der Waals surface area contributed by atoms with Gasteiger partial charge in [-0.15, -0.1) is 0 Å². The van der Waals surface area contributed by atoms with Crippen molar-refractivity contribution < 1.29 is 4.74 Å². The molecule has 1 fully saturated rings. The zero-order valence-corrected chi connectivity index (χ0v) is 10.8. The topological polar surface area (TPSA) is 21.3 Å². The molecule has 2 unspecified atom stereocenters. The van der Waals surface area contributed by atoms with E-state index in [9.17, 15) is 0 Å². The van der Waals surface area contributed by atoms with Crippen molar-refractivity contribution in [2.45, 2.75) is 65.0 Å². The third-order valence-electron chi connectivity index (χ3n) is 3.66. The second kappa shape index (κ2) is 5.86. The minimum atomic E-state index is 0.379. The minimum Gasteiger partial charge on any atom is -0.377 e. The van der Waals surface area contributed by atoms with Crippen molar-refractivity contribution in [2.24, 2.45) is 5.41 Å². The third kappa shape index (κ3) is 3.46. The van der Waals surface area contributed by atoms with E-state index in [1.165, 1.54) is 32.1 Å². The fourth-order valence-electron chi connectivity index (χ4n) is 2.72. The van der Waals surface area contributed by atoms with Gasteiger partial charge in [-0.3, -0.25) is 0 Å². The van der Waals surface area contributed by atoms with Gasteiger partial charge in [0.05, 0.1) is 6.10 Å². The number of hydrogen-bond donors (Lipinski definition) is 1. The SMILES string of the molecule is CCCCOC1CCCC(C)(C)C1NC. The molecule has 0 aliphatic heterocycles. The van der Waals surface area contributed by atoms with Gasteiger partial charge in [0.1, 0.15) is 0 Å². The van der Waals surface area contributed by atoms with Gasteiger partial charge in [0.25, 0.3) is 0 Å². The standard InChI is InChI=1S/C13H27NO/c1-5-6-10-15-11-8-7-9-13(2,3)12(11)14-4/h11-12,14H,5-10H2,1-4H3. The number of likely N-dealkylation sites (N-methyl/N-ethyl adjacent to an activating group) is 1. The predicted molar refractivity (Wildman–Crippen MR) is 65.1 cm³/mol. The van der Waals surface area contributed by atoms with E-state index in [2.05, 4.69) is 33.1 Å². The highest BCUT2D eigenvalue weighted by Gasteiger charge is 2.38. The Morgan fingerprint density at radius 3 is 2.73 bits per heavy atom. The van der Waals surface area contributed by atoms with Gasteiger partial charge in [0.15, 0.2) is 0 Å². The van der Waals surface area contributed by atoms with Crippen molar-refractivity contribution in [2.75, 3.05) is 13.7 Å². The summed E-state index contributed by atoms with van der Waals surface area (Å²) in [6, 6.07) is 0.517. The van der Waals surface area contributed by atoms with Crippen LogP contribution in [0.3, 0.4) is 0 Å². The molecular weight excluding hydrogens is 186 g/mol. The summed E-state index contributed by atoms with van der Waals surface area (Å²) in [6.07, 6.45) is 6.67. The lowest BCUT2D eigenvalue weighted by molar-refractivity contribution is -0.0356. The van der Waals surface area contributed by atoms with E-state index in [0.29, 0.717) is 17.6 Å². The lowest BCUT2D eigenvalue weighted by Gasteiger charge is -2.43. The average molecular weight is 213 g/mol.